The van der Waals surface area contributed by atoms with Crippen molar-refractivity contribution in [2.45, 2.75) is 12.3 Å². The van der Waals surface area contributed by atoms with E-state index in [1.165, 1.54) is 12.1 Å². The Kier molecular flexibility index (Phi) is 3.93. The Morgan fingerprint density at radius 2 is 1.48 bits per heavy atom. The Labute approximate surface area is 121 Å². The molecular weight excluding hydrogens is 272 g/mol. The fraction of sp³-hybridized carbons (Fsp3) is 0.125. The zero-order valence-electron chi connectivity index (χ0n) is 11.3. The summed E-state index contributed by atoms with van der Waals surface area (Å²) in [5.41, 5.74) is -1.87. The number of hydrogen-bond donors (Lipinski definition) is 2. The number of aliphatic carboxylic acids is 2. The number of hydrogen-bond acceptors (Lipinski definition) is 3. The maximum Gasteiger partial charge on any atom is 0.325 e. The van der Waals surface area contributed by atoms with Crippen LogP contribution in [0.4, 0.5) is 0 Å². The van der Waals surface area contributed by atoms with Gasteiger partial charge in [-0.05, 0) is 36.8 Å². The minimum Gasteiger partial charge on any atom is -0.480 e. The number of para-hydroxylation sites is 1. The van der Waals surface area contributed by atoms with Gasteiger partial charge in [-0.2, -0.15) is 0 Å². The summed E-state index contributed by atoms with van der Waals surface area (Å²) in [6.45, 7) is 1.15. The van der Waals surface area contributed by atoms with Gasteiger partial charge in [0.05, 0.1) is 0 Å². The first-order chi connectivity index (χ1) is 9.94. The van der Waals surface area contributed by atoms with E-state index in [-0.39, 0.29) is 5.56 Å². The molecule has 0 bridgehead atoms. The molecule has 0 amide bonds. The van der Waals surface area contributed by atoms with Gasteiger partial charge in [0.2, 0.25) is 0 Å². The highest BCUT2D eigenvalue weighted by molar-refractivity contribution is 6.04. The van der Waals surface area contributed by atoms with Gasteiger partial charge in [0.25, 0.3) is 0 Å². The molecule has 2 aromatic rings. The Bertz CT molecular complexity index is 649. The molecule has 5 nitrogen and oxygen atoms in total. The molecule has 0 aliphatic carbocycles. The van der Waals surface area contributed by atoms with Gasteiger partial charge < -0.3 is 14.9 Å². The average Bonchev–Trinajstić information content (AvgIpc) is 2.47. The molecule has 0 aliphatic rings. The normalized spacial score (nSPS) is 10.9. The Hall–Kier alpha value is -2.82. The monoisotopic (exact) mass is 286 g/mol. The van der Waals surface area contributed by atoms with Crippen molar-refractivity contribution in [3.05, 3.63) is 60.2 Å². The number of carboxylic acids is 2. The lowest BCUT2D eigenvalue weighted by atomic mass is 9.82. The van der Waals surface area contributed by atoms with Crippen molar-refractivity contribution >= 4 is 11.9 Å². The van der Waals surface area contributed by atoms with Gasteiger partial charge in [-0.15, -0.1) is 0 Å². The lowest BCUT2D eigenvalue weighted by Crippen LogP contribution is -2.40. The molecule has 2 N–H and O–H groups in total. The molecular formula is C16H14O5. The molecule has 0 saturated heterocycles. The summed E-state index contributed by atoms with van der Waals surface area (Å²) >= 11 is 0. The highest BCUT2D eigenvalue weighted by Gasteiger charge is 2.43. The van der Waals surface area contributed by atoms with Gasteiger partial charge in [-0.25, -0.2) is 0 Å². The zero-order valence-corrected chi connectivity index (χ0v) is 11.3. The Morgan fingerprint density at radius 1 is 0.905 bits per heavy atom. The van der Waals surface area contributed by atoms with Crippen LogP contribution in [0, 0.1) is 0 Å². The molecule has 0 heterocycles. The average molecular weight is 286 g/mol. The lowest BCUT2D eigenvalue weighted by Gasteiger charge is -2.20. The third-order valence-electron chi connectivity index (χ3n) is 3.25. The maximum atomic E-state index is 11.3. The number of ether oxygens (including phenoxy) is 1. The molecule has 0 aromatic heterocycles. The predicted octanol–water partition coefficient (Wildman–Crippen LogP) is 2.91. The van der Waals surface area contributed by atoms with Gasteiger partial charge >= 0.3 is 11.9 Å². The van der Waals surface area contributed by atoms with Crippen LogP contribution in [0.2, 0.25) is 0 Å². The van der Waals surface area contributed by atoms with E-state index in [2.05, 4.69) is 0 Å². The minimum atomic E-state index is -2.02. The van der Waals surface area contributed by atoms with E-state index in [0.717, 1.165) is 6.92 Å². The molecule has 0 saturated carbocycles. The van der Waals surface area contributed by atoms with Gasteiger partial charge in [0, 0.05) is 0 Å². The maximum absolute atomic E-state index is 11.3. The van der Waals surface area contributed by atoms with Gasteiger partial charge in [-0.3, -0.25) is 9.59 Å². The quantitative estimate of drug-likeness (QED) is 0.826. The van der Waals surface area contributed by atoms with Crippen LogP contribution < -0.4 is 4.74 Å². The standard InChI is InChI=1S/C16H14O5/c1-16(14(17)18,15(19)20)11-6-5-9-13(10-11)21-12-7-3-2-4-8-12/h2-10H,1H3,(H,17,18)(H,19,20). The van der Waals surface area contributed by atoms with Crippen LogP contribution in [0.3, 0.4) is 0 Å². The Balaban J connectivity index is 2.37. The van der Waals surface area contributed by atoms with Gasteiger partial charge in [-0.1, -0.05) is 30.3 Å². The van der Waals surface area contributed by atoms with Crippen molar-refractivity contribution in [1.82, 2.24) is 0 Å². The van der Waals surface area contributed by atoms with Gasteiger partial charge in [0.1, 0.15) is 11.5 Å². The SMILES string of the molecule is CC(C(=O)O)(C(=O)O)c1cccc(Oc2ccccc2)c1. The molecule has 5 heteroatoms. The third-order valence-corrected chi connectivity index (χ3v) is 3.25. The number of benzene rings is 2. The van der Waals surface area contributed by atoms with E-state index >= 15 is 0 Å². The van der Waals surface area contributed by atoms with Crippen molar-refractivity contribution < 1.29 is 24.5 Å². The van der Waals surface area contributed by atoms with E-state index in [4.69, 9.17) is 4.74 Å². The number of carboxylic acid groups (broad SMARTS) is 2. The molecule has 0 spiro atoms. The summed E-state index contributed by atoms with van der Waals surface area (Å²) in [6.07, 6.45) is 0. The summed E-state index contributed by atoms with van der Waals surface area (Å²) in [7, 11) is 0. The number of rotatable bonds is 5. The van der Waals surface area contributed by atoms with Crippen LogP contribution in [0.5, 0.6) is 11.5 Å². The van der Waals surface area contributed by atoms with Crippen molar-refractivity contribution in [2.75, 3.05) is 0 Å². The van der Waals surface area contributed by atoms with E-state index in [1.54, 1.807) is 36.4 Å². The van der Waals surface area contributed by atoms with E-state index in [1.807, 2.05) is 6.07 Å². The van der Waals surface area contributed by atoms with Crippen LogP contribution in [-0.2, 0) is 15.0 Å². The highest BCUT2D eigenvalue weighted by Crippen LogP contribution is 2.29. The summed E-state index contributed by atoms with van der Waals surface area (Å²) in [5, 5.41) is 18.4. The minimum absolute atomic E-state index is 0.149. The van der Waals surface area contributed by atoms with Crippen LogP contribution in [0.15, 0.2) is 54.6 Å². The van der Waals surface area contributed by atoms with Crippen LogP contribution in [0.1, 0.15) is 12.5 Å². The second-order valence-electron chi connectivity index (χ2n) is 4.68. The molecule has 2 aromatic carbocycles. The first-order valence-corrected chi connectivity index (χ1v) is 6.25. The van der Waals surface area contributed by atoms with Crippen LogP contribution >= 0.6 is 0 Å². The second-order valence-corrected chi connectivity index (χ2v) is 4.68. The highest BCUT2D eigenvalue weighted by atomic mass is 16.5. The van der Waals surface area contributed by atoms with Gasteiger partial charge in [0.15, 0.2) is 5.41 Å². The van der Waals surface area contributed by atoms with Crippen molar-refractivity contribution in [3.8, 4) is 11.5 Å². The lowest BCUT2D eigenvalue weighted by molar-refractivity contribution is -0.156. The second kappa shape index (κ2) is 5.66. The molecule has 0 aliphatic heterocycles. The van der Waals surface area contributed by atoms with Crippen LogP contribution in [-0.4, -0.2) is 22.2 Å². The summed E-state index contributed by atoms with van der Waals surface area (Å²) in [4.78, 5) is 22.6. The summed E-state index contributed by atoms with van der Waals surface area (Å²) in [6, 6.07) is 15.0. The molecule has 0 fully saturated rings. The van der Waals surface area contributed by atoms with Crippen molar-refractivity contribution in [3.63, 3.8) is 0 Å². The molecule has 108 valence electrons. The molecule has 0 atom stereocenters. The van der Waals surface area contributed by atoms with E-state index < -0.39 is 17.4 Å². The predicted molar refractivity (Wildman–Crippen MR) is 75.6 cm³/mol. The largest absolute Gasteiger partial charge is 0.480 e. The van der Waals surface area contributed by atoms with Crippen LogP contribution in [0.25, 0.3) is 0 Å². The first kappa shape index (κ1) is 14.6. The molecule has 0 radical (unpaired) electrons. The topological polar surface area (TPSA) is 83.8 Å². The van der Waals surface area contributed by atoms with Crippen molar-refractivity contribution in [1.29, 1.82) is 0 Å². The van der Waals surface area contributed by atoms with E-state index in [9.17, 15) is 19.8 Å². The zero-order chi connectivity index (χ0) is 15.5. The molecule has 0 unspecified atom stereocenters. The smallest absolute Gasteiger partial charge is 0.325 e. The number of carbonyl (C=O) groups is 2. The first-order valence-electron chi connectivity index (χ1n) is 6.25. The molecule has 2 rings (SSSR count). The molecule has 21 heavy (non-hydrogen) atoms. The Morgan fingerprint density at radius 3 is 2.05 bits per heavy atom. The van der Waals surface area contributed by atoms with Crippen molar-refractivity contribution in [2.24, 2.45) is 0 Å². The third kappa shape index (κ3) is 2.86. The fourth-order valence-corrected chi connectivity index (χ4v) is 1.83. The fourth-order valence-electron chi connectivity index (χ4n) is 1.83. The van der Waals surface area contributed by atoms with E-state index in [0.29, 0.717) is 11.5 Å². The summed E-state index contributed by atoms with van der Waals surface area (Å²) < 4.78 is 5.59. The summed E-state index contributed by atoms with van der Waals surface area (Å²) in [5.74, 6) is -1.88.